The molecule has 1 unspecified atom stereocenters. The lowest BCUT2D eigenvalue weighted by Gasteiger charge is -2.17. The molecule has 0 aliphatic carbocycles. The largest absolute Gasteiger partial charge is 0.497 e. The van der Waals surface area contributed by atoms with Gasteiger partial charge < -0.3 is 15.4 Å². The molecule has 0 aromatic heterocycles. The fraction of sp³-hybridized carbons (Fsp3) is 0.0714. The van der Waals surface area contributed by atoms with E-state index in [2.05, 4.69) is 10.6 Å². The third-order valence-electron chi connectivity index (χ3n) is 5.18. The van der Waals surface area contributed by atoms with Gasteiger partial charge in [0.2, 0.25) is 5.91 Å². The van der Waals surface area contributed by atoms with Crippen molar-refractivity contribution in [1.82, 2.24) is 0 Å². The minimum atomic E-state index is -0.578. The fourth-order valence-corrected chi connectivity index (χ4v) is 4.40. The van der Waals surface area contributed by atoms with Crippen LogP contribution in [-0.4, -0.2) is 18.9 Å². The standard InChI is InChI=1S/C28H23FN2O3S/c1-34-22-15-11-20(12-16-22)31-28(33)26(19-7-3-2-4-8-19)35-23-17-13-21(14-18-23)30-27(32)24-9-5-6-10-25(24)29/h2-18,26H,1H3,(H,30,32)(H,31,33). The van der Waals surface area contributed by atoms with Crippen molar-refractivity contribution in [1.29, 1.82) is 0 Å². The minimum absolute atomic E-state index is 0.0229. The molecule has 0 saturated heterocycles. The second kappa shape index (κ2) is 11.4. The molecule has 2 N–H and O–H groups in total. The Labute approximate surface area is 207 Å². The Morgan fingerprint density at radius 2 is 1.37 bits per heavy atom. The van der Waals surface area contributed by atoms with Crippen molar-refractivity contribution in [2.24, 2.45) is 0 Å². The molecule has 0 saturated carbocycles. The van der Waals surface area contributed by atoms with Gasteiger partial charge in [-0.1, -0.05) is 42.5 Å². The van der Waals surface area contributed by atoms with E-state index in [0.29, 0.717) is 17.1 Å². The van der Waals surface area contributed by atoms with E-state index in [4.69, 9.17) is 4.74 Å². The smallest absolute Gasteiger partial charge is 0.258 e. The summed E-state index contributed by atoms with van der Waals surface area (Å²) < 4.78 is 19.0. The maximum atomic E-state index is 13.9. The number of ether oxygens (including phenoxy) is 1. The molecule has 2 amide bonds. The van der Waals surface area contributed by atoms with Crippen LogP contribution in [0.15, 0.2) is 108 Å². The third-order valence-corrected chi connectivity index (χ3v) is 6.45. The summed E-state index contributed by atoms with van der Waals surface area (Å²) in [5, 5.41) is 5.16. The van der Waals surface area contributed by atoms with Gasteiger partial charge in [-0.15, -0.1) is 11.8 Å². The van der Waals surface area contributed by atoms with Crippen LogP contribution in [0.4, 0.5) is 15.8 Å². The molecule has 0 aliphatic heterocycles. The lowest BCUT2D eigenvalue weighted by atomic mass is 10.1. The summed E-state index contributed by atoms with van der Waals surface area (Å²) in [6, 6.07) is 29.6. The molecular weight excluding hydrogens is 463 g/mol. The molecule has 35 heavy (non-hydrogen) atoms. The van der Waals surface area contributed by atoms with Crippen LogP contribution in [0, 0.1) is 5.82 Å². The van der Waals surface area contributed by atoms with E-state index >= 15 is 0 Å². The Morgan fingerprint density at radius 1 is 0.771 bits per heavy atom. The maximum Gasteiger partial charge on any atom is 0.258 e. The zero-order valence-electron chi connectivity index (χ0n) is 18.9. The van der Waals surface area contributed by atoms with Crippen molar-refractivity contribution < 1.29 is 18.7 Å². The van der Waals surface area contributed by atoms with Gasteiger partial charge in [0.25, 0.3) is 5.91 Å². The number of benzene rings is 4. The first-order valence-electron chi connectivity index (χ1n) is 10.9. The number of thioether (sulfide) groups is 1. The van der Waals surface area contributed by atoms with Crippen molar-refractivity contribution in [3.05, 3.63) is 120 Å². The van der Waals surface area contributed by atoms with Crippen molar-refractivity contribution >= 4 is 35.0 Å². The van der Waals surface area contributed by atoms with Gasteiger partial charge in [-0.05, 0) is 66.2 Å². The predicted octanol–water partition coefficient (Wildman–Crippen LogP) is 6.56. The summed E-state index contributed by atoms with van der Waals surface area (Å²) in [7, 11) is 1.59. The van der Waals surface area contributed by atoms with E-state index in [0.717, 1.165) is 10.5 Å². The topological polar surface area (TPSA) is 67.4 Å². The number of anilines is 2. The van der Waals surface area contributed by atoms with Crippen LogP contribution in [-0.2, 0) is 4.79 Å². The Bertz CT molecular complexity index is 1300. The highest BCUT2D eigenvalue weighted by atomic mass is 32.2. The Hall–Kier alpha value is -4.10. The number of halogens is 1. The van der Waals surface area contributed by atoms with Gasteiger partial charge in [-0.3, -0.25) is 9.59 Å². The Balaban J connectivity index is 1.48. The molecule has 176 valence electrons. The van der Waals surface area contributed by atoms with E-state index in [1.165, 1.54) is 30.0 Å². The Morgan fingerprint density at radius 3 is 2.03 bits per heavy atom. The average molecular weight is 487 g/mol. The summed E-state index contributed by atoms with van der Waals surface area (Å²) >= 11 is 1.39. The van der Waals surface area contributed by atoms with Crippen molar-refractivity contribution in [3.63, 3.8) is 0 Å². The summed E-state index contributed by atoms with van der Waals surface area (Å²) in [5.41, 5.74) is 2.04. The summed E-state index contributed by atoms with van der Waals surface area (Å²) in [4.78, 5) is 26.4. The summed E-state index contributed by atoms with van der Waals surface area (Å²) in [5.74, 6) is -0.558. The number of methoxy groups -OCH3 is 1. The van der Waals surface area contributed by atoms with E-state index in [-0.39, 0.29) is 11.5 Å². The second-order valence-electron chi connectivity index (χ2n) is 7.58. The van der Waals surface area contributed by atoms with E-state index in [1.807, 2.05) is 42.5 Å². The van der Waals surface area contributed by atoms with Crippen molar-refractivity contribution in [3.8, 4) is 5.75 Å². The molecule has 4 rings (SSSR count). The number of nitrogens with one attached hydrogen (secondary N) is 2. The summed E-state index contributed by atoms with van der Waals surface area (Å²) in [6.07, 6.45) is 0. The number of hydrogen-bond acceptors (Lipinski definition) is 4. The van der Waals surface area contributed by atoms with Crippen LogP contribution >= 0.6 is 11.8 Å². The molecule has 0 aliphatic rings. The lowest BCUT2D eigenvalue weighted by molar-refractivity contribution is -0.115. The second-order valence-corrected chi connectivity index (χ2v) is 8.76. The Kier molecular flexibility index (Phi) is 7.80. The van der Waals surface area contributed by atoms with E-state index in [9.17, 15) is 14.0 Å². The first kappa shape index (κ1) is 24.0. The fourth-order valence-electron chi connectivity index (χ4n) is 3.38. The van der Waals surface area contributed by atoms with Gasteiger partial charge in [-0.25, -0.2) is 4.39 Å². The number of hydrogen-bond donors (Lipinski definition) is 2. The number of carbonyl (C=O) groups is 2. The molecule has 5 nitrogen and oxygen atoms in total. The predicted molar refractivity (Wildman–Crippen MR) is 137 cm³/mol. The quantitative estimate of drug-likeness (QED) is 0.277. The number of carbonyl (C=O) groups excluding carboxylic acids is 2. The molecular formula is C28H23FN2O3S. The highest BCUT2D eigenvalue weighted by molar-refractivity contribution is 8.00. The number of rotatable bonds is 8. The van der Waals surface area contributed by atoms with Crippen LogP contribution in [0.2, 0.25) is 0 Å². The van der Waals surface area contributed by atoms with Gasteiger partial charge >= 0.3 is 0 Å². The molecule has 0 spiro atoms. The molecule has 7 heteroatoms. The molecule has 0 fully saturated rings. The first-order chi connectivity index (χ1) is 17.0. The number of amides is 2. The normalized spacial score (nSPS) is 11.4. The third kappa shape index (κ3) is 6.28. The summed E-state index contributed by atoms with van der Waals surface area (Å²) in [6.45, 7) is 0. The van der Waals surface area contributed by atoms with E-state index in [1.54, 1.807) is 49.6 Å². The average Bonchev–Trinajstić information content (AvgIpc) is 2.89. The zero-order chi connectivity index (χ0) is 24.6. The molecule has 0 heterocycles. The minimum Gasteiger partial charge on any atom is -0.497 e. The SMILES string of the molecule is COc1ccc(NC(=O)C(Sc2ccc(NC(=O)c3ccccc3F)cc2)c2ccccc2)cc1. The van der Waals surface area contributed by atoms with Crippen molar-refractivity contribution in [2.75, 3.05) is 17.7 Å². The van der Waals surface area contributed by atoms with Gasteiger partial charge in [-0.2, -0.15) is 0 Å². The van der Waals surface area contributed by atoms with Crippen LogP contribution in [0.3, 0.4) is 0 Å². The van der Waals surface area contributed by atoms with Crippen LogP contribution in [0.5, 0.6) is 5.75 Å². The van der Waals surface area contributed by atoms with Gasteiger partial charge in [0.15, 0.2) is 0 Å². The van der Waals surface area contributed by atoms with Crippen LogP contribution in [0.25, 0.3) is 0 Å². The van der Waals surface area contributed by atoms with Crippen LogP contribution < -0.4 is 15.4 Å². The molecule has 1 atom stereocenters. The molecule has 4 aromatic carbocycles. The monoisotopic (exact) mass is 486 g/mol. The van der Waals surface area contributed by atoms with Gasteiger partial charge in [0.1, 0.15) is 16.8 Å². The van der Waals surface area contributed by atoms with Crippen molar-refractivity contribution in [2.45, 2.75) is 10.1 Å². The molecule has 0 bridgehead atoms. The van der Waals surface area contributed by atoms with Gasteiger partial charge in [0.05, 0.1) is 12.7 Å². The first-order valence-corrected chi connectivity index (χ1v) is 11.7. The van der Waals surface area contributed by atoms with Gasteiger partial charge in [0, 0.05) is 16.3 Å². The highest BCUT2D eigenvalue weighted by Gasteiger charge is 2.22. The molecule has 0 radical (unpaired) electrons. The highest BCUT2D eigenvalue weighted by Crippen LogP contribution is 2.37. The maximum absolute atomic E-state index is 13.9. The lowest BCUT2D eigenvalue weighted by Crippen LogP contribution is -2.19. The zero-order valence-corrected chi connectivity index (χ0v) is 19.7. The molecule has 4 aromatic rings. The van der Waals surface area contributed by atoms with E-state index < -0.39 is 17.0 Å². The van der Waals surface area contributed by atoms with Crippen LogP contribution in [0.1, 0.15) is 21.2 Å².